The molecule has 0 aromatic heterocycles. The molecule has 0 aliphatic rings. The first-order valence-corrected chi connectivity index (χ1v) is 3.85. The monoisotopic (exact) mass is 192 g/mol. The van der Waals surface area contributed by atoms with Crippen LogP contribution >= 0.6 is 0 Å². The molecular formula is C10H12N2O2. The van der Waals surface area contributed by atoms with Gasteiger partial charge in [0.15, 0.2) is 0 Å². The van der Waals surface area contributed by atoms with Crippen molar-refractivity contribution in [2.75, 3.05) is 5.32 Å². The molecule has 4 nitrogen and oxygen atoms in total. The van der Waals surface area contributed by atoms with Crippen LogP contribution in [0, 0.1) is 6.92 Å². The average molecular weight is 192 g/mol. The van der Waals surface area contributed by atoms with E-state index >= 15 is 0 Å². The van der Waals surface area contributed by atoms with Gasteiger partial charge in [-0.25, -0.2) is 0 Å². The van der Waals surface area contributed by atoms with Crippen molar-refractivity contribution >= 4 is 31.3 Å². The summed E-state index contributed by atoms with van der Waals surface area (Å²) in [6, 6.07) is 5.49. The molecule has 1 amide bonds. The Balaban J connectivity index is 0.000000791. The Morgan fingerprint density at radius 3 is 2.57 bits per heavy atom. The normalized spacial score (nSPS) is 8.07. The summed E-state index contributed by atoms with van der Waals surface area (Å²) < 4.78 is 0. The summed E-state index contributed by atoms with van der Waals surface area (Å²) in [5.74, 6) is 0. The third-order valence-corrected chi connectivity index (χ3v) is 1.69. The standard InChI is InChI=1S/C9H10N2O.CH2O/c1-7-8(10-2)4-3-5-9(7)11-6-12;1-2/h3-6H,2H2,1H3,(H,11,12);1H2. The number of rotatable bonds is 3. The van der Waals surface area contributed by atoms with E-state index in [0.717, 1.165) is 16.9 Å². The van der Waals surface area contributed by atoms with E-state index < -0.39 is 0 Å². The van der Waals surface area contributed by atoms with E-state index in [9.17, 15) is 4.79 Å². The summed E-state index contributed by atoms with van der Waals surface area (Å²) in [6.07, 6.45) is 0.648. The van der Waals surface area contributed by atoms with Crippen LogP contribution in [-0.4, -0.2) is 19.9 Å². The highest BCUT2D eigenvalue weighted by molar-refractivity contribution is 5.76. The zero-order valence-corrected chi connectivity index (χ0v) is 7.99. The van der Waals surface area contributed by atoms with Gasteiger partial charge in [-0.2, -0.15) is 0 Å². The highest BCUT2D eigenvalue weighted by atomic mass is 16.1. The molecule has 4 heteroatoms. The van der Waals surface area contributed by atoms with Gasteiger partial charge in [-0.15, -0.1) is 0 Å². The summed E-state index contributed by atoms with van der Waals surface area (Å²) in [5, 5.41) is 2.58. The van der Waals surface area contributed by atoms with Gasteiger partial charge >= 0.3 is 0 Å². The van der Waals surface area contributed by atoms with Crippen LogP contribution in [0.5, 0.6) is 0 Å². The van der Waals surface area contributed by atoms with E-state index in [-0.39, 0.29) is 0 Å². The smallest absolute Gasteiger partial charge is 0.211 e. The molecule has 1 N–H and O–H groups in total. The lowest BCUT2D eigenvalue weighted by Gasteiger charge is -2.05. The summed E-state index contributed by atoms with van der Waals surface area (Å²) in [7, 11) is 0. The van der Waals surface area contributed by atoms with Crippen LogP contribution in [0.2, 0.25) is 0 Å². The molecule has 1 rings (SSSR count). The first-order chi connectivity index (χ1) is 6.79. The second-order valence-corrected chi connectivity index (χ2v) is 2.37. The molecule has 0 atom stereocenters. The molecule has 1 aromatic rings. The van der Waals surface area contributed by atoms with Crippen molar-refractivity contribution in [1.29, 1.82) is 0 Å². The average Bonchev–Trinajstić information content (AvgIpc) is 2.24. The second-order valence-electron chi connectivity index (χ2n) is 2.37. The maximum Gasteiger partial charge on any atom is 0.211 e. The topological polar surface area (TPSA) is 58.5 Å². The van der Waals surface area contributed by atoms with Crippen LogP contribution in [0.4, 0.5) is 11.4 Å². The first kappa shape index (κ1) is 12.0. The molecule has 0 heterocycles. The predicted octanol–water partition coefficient (Wildman–Crippen LogP) is 1.71. The van der Waals surface area contributed by atoms with Crippen molar-refractivity contribution in [3.05, 3.63) is 23.8 Å². The summed E-state index contributed by atoms with van der Waals surface area (Å²) >= 11 is 0. The van der Waals surface area contributed by atoms with E-state index in [0.29, 0.717) is 6.41 Å². The van der Waals surface area contributed by atoms with Crippen molar-refractivity contribution in [1.82, 2.24) is 0 Å². The molecule has 0 saturated heterocycles. The molecule has 0 unspecified atom stereocenters. The number of nitrogens with one attached hydrogen (secondary N) is 1. The van der Waals surface area contributed by atoms with E-state index in [1.54, 1.807) is 0 Å². The van der Waals surface area contributed by atoms with Crippen LogP contribution in [0.25, 0.3) is 0 Å². The number of carbonyl (C=O) groups is 2. The van der Waals surface area contributed by atoms with Gasteiger partial charge in [0.05, 0.1) is 5.69 Å². The van der Waals surface area contributed by atoms with E-state index in [1.807, 2.05) is 31.9 Å². The van der Waals surface area contributed by atoms with E-state index in [2.05, 4.69) is 17.0 Å². The molecule has 0 fully saturated rings. The van der Waals surface area contributed by atoms with Gasteiger partial charge < -0.3 is 10.1 Å². The van der Waals surface area contributed by atoms with Gasteiger partial charge in [-0.3, -0.25) is 9.79 Å². The minimum absolute atomic E-state index is 0.648. The van der Waals surface area contributed by atoms with Crippen LogP contribution in [0.15, 0.2) is 23.2 Å². The number of nitrogens with zero attached hydrogens (tertiary/aromatic N) is 1. The minimum Gasteiger partial charge on any atom is -0.328 e. The number of hydrogen-bond donors (Lipinski definition) is 1. The quantitative estimate of drug-likeness (QED) is 0.585. The van der Waals surface area contributed by atoms with Gasteiger partial charge in [0.1, 0.15) is 6.79 Å². The van der Waals surface area contributed by atoms with Crippen molar-refractivity contribution in [2.24, 2.45) is 4.99 Å². The largest absolute Gasteiger partial charge is 0.328 e. The summed E-state index contributed by atoms with van der Waals surface area (Å²) in [4.78, 5) is 22.0. The first-order valence-electron chi connectivity index (χ1n) is 3.85. The summed E-state index contributed by atoms with van der Waals surface area (Å²) in [5.41, 5.74) is 2.50. The minimum atomic E-state index is 0.648. The zero-order chi connectivity index (χ0) is 11.0. The van der Waals surface area contributed by atoms with Crippen LogP contribution < -0.4 is 5.32 Å². The summed E-state index contributed by atoms with van der Waals surface area (Å²) in [6.45, 7) is 7.31. The van der Waals surface area contributed by atoms with Gasteiger partial charge in [-0.1, -0.05) is 6.07 Å². The molecule has 0 aliphatic carbocycles. The van der Waals surface area contributed by atoms with Gasteiger partial charge in [0.2, 0.25) is 6.41 Å². The molecule has 0 radical (unpaired) electrons. The van der Waals surface area contributed by atoms with Crippen LogP contribution in [0.1, 0.15) is 5.56 Å². The van der Waals surface area contributed by atoms with Gasteiger partial charge in [0.25, 0.3) is 0 Å². The fraction of sp³-hybridized carbons (Fsp3) is 0.100. The Labute approximate surface area is 82.7 Å². The number of benzene rings is 1. The fourth-order valence-corrected chi connectivity index (χ4v) is 1.01. The third kappa shape index (κ3) is 2.82. The molecule has 0 saturated carbocycles. The Morgan fingerprint density at radius 2 is 2.07 bits per heavy atom. The van der Waals surface area contributed by atoms with E-state index in [4.69, 9.17) is 4.79 Å². The Kier molecular flexibility index (Phi) is 5.62. The van der Waals surface area contributed by atoms with Gasteiger partial charge in [-0.05, 0) is 31.3 Å². The number of aliphatic imine (C=N–C) groups is 1. The highest BCUT2D eigenvalue weighted by Crippen LogP contribution is 2.24. The molecule has 1 aromatic carbocycles. The number of amides is 1. The van der Waals surface area contributed by atoms with Crippen LogP contribution in [-0.2, 0) is 9.59 Å². The fourth-order valence-electron chi connectivity index (χ4n) is 1.01. The Hall–Kier alpha value is -1.97. The lowest BCUT2D eigenvalue weighted by molar-refractivity contribution is -0.105. The lowest BCUT2D eigenvalue weighted by Crippen LogP contribution is -1.95. The maximum absolute atomic E-state index is 10.2. The number of hydrogen-bond acceptors (Lipinski definition) is 3. The molecule has 14 heavy (non-hydrogen) atoms. The molecule has 0 spiro atoms. The maximum atomic E-state index is 10.2. The van der Waals surface area contributed by atoms with Crippen molar-refractivity contribution in [3.63, 3.8) is 0 Å². The Bertz CT molecular complexity index is 324. The van der Waals surface area contributed by atoms with Crippen molar-refractivity contribution in [2.45, 2.75) is 6.92 Å². The van der Waals surface area contributed by atoms with Crippen molar-refractivity contribution < 1.29 is 9.59 Å². The lowest BCUT2D eigenvalue weighted by atomic mass is 10.1. The number of carbonyl (C=O) groups excluding carboxylic acids is 2. The molecule has 74 valence electrons. The van der Waals surface area contributed by atoms with Gasteiger partial charge in [0, 0.05) is 5.69 Å². The zero-order valence-electron chi connectivity index (χ0n) is 7.99. The predicted molar refractivity (Wildman–Crippen MR) is 57.2 cm³/mol. The SMILES string of the molecule is C=Nc1cccc(NC=O)c1C.C=O. The van der Waals surface area contributed by atoms with Crippen molar-refractivity contribution in [3.8, 4) is 0 Å². The highest BCUT2D eigenvalue weighted by Gasteiger charge is 1.99. The number of anilines is 1. The second kappa shape index (κ2) is 6.54. The van der Waals surface area contributed by atoms with Crippen LogP contribution in [0.3, 0.4) is 0 Å². The molecule has 0 bridgehead atoms. The van der Waals surface area contributed by atoms with E-state index in [1.165, 1.54) is 0 Å². The molecule has 0 aliphatic heterocycles. The molecular weight excluding hydrogens is 180 g/mol. The Morgan fingerprint density at radius 1 is 1.43 bits per heavy atom. The third-order valence-electron chi connectivity index (χ3n) is 1.69.